The van der Waals surface area contributed by atoms with Crippen molar-refractivity contribution in [3.05, 3.63) is 48.3 Å². The van der Waals surface area contributed by atoms with E-state index in [1.54, 1.807) is 6.20 Å². The van der Waals surface area contributed by atoms with Gasteiger partial charge in [0.25, 0.3) is 0 Å². The van der Waals surface area contributed by atoms with Gasteiger partial charge in [-0.2, -0.15) is 5.10 Å². The average molecular weight is 511 g/mol. The Labute approximate surface area is 191 Å². The molecule has 0 bridgehead atoms. The Hall–Kier alpha value is -1.61. The molecule has 0 spiro atoms. The SMILES string of the molecule is CCNC(=NCc1ccccc1-n1cccn1)NCC1(CCO)CCCCC1.I. The maximum atomic E-state index is 9.54. The largest absolute Gasteiger partial charge is 0.396 e. The van der Waals surface area contributed by atoms with Gasteiger partial charge in [0.1, 0.15) is 0 Å². The summed E-state index contributed by atoms with van der Waals surface area (Å²) < 4.78 is 1.88. The predicted octanol–water partition coefficient (Wildman–Crippen LogP) is 3.88. The van der Waals surface area contributed by atoms with Crippen LogP contribution in [0.4, 0.5) is 0 Å². The molecule has 1 heterocycles. The van der Waals surface area contributed by atoms with Crippen LogP contribution >= 0.6 is 24.0 Å². The Balaban J connectivity index is 0.00000300. The van der Waals surface area contributed by atoms with Crippen molar-refractivity contribution < 1.29 is 5.11 Å². The molecule has 29 heavy (non-hydrogen) atoms. The average Bonchev–Trinajstić information content (AvgIpc) is 3.26. The number of nitrogens with zero attached hydrogens (tertiary/aromatic N) is 3. The van der Waals surface area contributed by atoms with Gasteiger partial charge in [-0.1, -0.05) is 37.5 Å². The van der Waals surface area contributed by atoms with Crippen molar-refractivity contribution in [2.24, 2.45) is 10.4 Å². The molecule has 1 aliphatic rings. The van der Waals surface area contributed by atoms with Crippen molar-refractivity contribution in [3.8, 4) is 5.69 Å². The van der Waals surface area contributed by atoms with E-state index in [1.807, 2.05) is 29.1 Å². The fourth-order valence-electron chi connectivity index (χ4n) is 4.11. The van der Waals surface area contributed by atoms with Crippen molar-refractivity contribution in [2.45, 2.75) is 52.0 Å². The minimum Gasteiger partial charge on any atom is -0.396 e. The second-order valence-electron chi connectivity index (χ2n) is 7.66. The molecule has 6 nitrogen and oxygen atoms in total. The zero-order valence-electron chi connectivity index (χ0n) is 17.3. The lowest BCUT2D eigenvalue weighted by molar-refractivity contribution is 0.131. The highest BCUT2D eigenvalue weighted by Crippen LogP contribution is 2.38. The van der Waals surface area contributed by atoms with E-state index in [-0.39, 0.29) is 36.0 Å². The Morgan fingerprint density at radius 2 is 1.97 bits per heavy atom. The Bertz CT molecular complexity index is 736. The van der Waals surface area contributed by atoms with Crippen molar-refractivity contribution in [1.82, 2.24) is 20.4 Å². The number of aliphatic hydroxyl groups is 1. The van der Waals surface area contributed by atoms with Crippen molar-refractivity contribution in [2.75, 3.05) is 19.7 Å². The van der Waals surface area contributed by atoms with Crippen LogP contribution in [0.2, 0.25) is 0 Å². The summed E-state index contributed by atoms with van der Waals surface area (Å²) in [6.07, 6.45) is 10.8. The molecule has 0 radical (unpaired) electrons. The zero-order valence-corrected chi connectivity index (χ0v) is 19.6. The topological polar surface area (TPSA) is 74.5 Å². The maximum absolute atomic E-state index is 9.54. The molecular weight excluding hydrogens is 477 g/mol. The minimum atomic E-state index is 0. The summed E-state index contributed by atoms with van der Waals surface area (Å²) in [5, 5.41) is 20.8. The Morgan fingerprint density at radius 3 is 2.66 bits per heavy atom. The van der Waals surface area contributed by atoms with Crippen LogP contribution in [0.5, 0.6) is 0 Å². The number of hydrogen-bond acceptors (Lipinski definition) is 3. The first-order valence-electron chi connectivity index (χ1n) is 10.5. The van der Waals surface area contributed by atoms with E-state index in [0.29, 0.717) is 6.54 Å². The number of nitrogens with one attached hydrogen (secondary N) is 2. The molecule has 0 atom stereocenters. The first kappa shape index (κ1) is 23.7. The van der Waals surface area contributed by atoms with Gasteiger partial charge >= 0.3 is 0 Å². The van der Waals surface area contributed by atoms with Gasteiger partial charge in [0.05, 0.1) is 12.2 Å². The van der Waals surface area contributed by atoms with E-state index < -0.39 is 0 Å². The van der Waals surface area contributed by atoms with Crippen molar-refractivity contribution in [3.63, 3.8) is 0 Å². The molecule has 0 aliphatic heterocycles. The third-order valence-corrected chi connectivity index (χ3v) is 5.68. The van der Waals surface area contributed by atoms with Crippen LogP contribution in [0.3, 0.4) is 0 Å². The number of benzene rings is 1. The molecule has 1 aromatic heterocycles. The molecule has 2 aromatic rings. The predicted molar refractivity (Wildman–Crippen MR) is 129 cm³/mol. The molecule has 3 rings (SSSR count). The minimum absolute atomic E-state index is 0. The van der Waals surface area contributed by atoms with E-state index in [4.69, 9.17) is 4.99 Å². The number of halogens is 1. The summed E-state index contributed by atoms with van der Waals surface area (Å²) in [4.78, 5) is 4.82. The number of aliphatic imine (C=N–C) groups is 1. The molecule has 0 saturated heterocycles. The quantitative estimate of drug-likeness (QED) is 0.286. The fourth-order valence-corrected chi connectivity index (χ4v) is 4.11. The molecule has 1 fully saturated rings. The van der Waals surface area contributed by atoms with Crippen molar-refractivity contribution in [1.29, 1.82) is 0 Å². The van der Waals surface area contributed by atoms with Crippen LogP contribution < -0.4 is 10.6 Å². The fraction of sp³-hybridized carbons (Fsp3) is 0.545. The number of guanidine groups is 1. The highest BCUT2D eigenvalue weighted by molar-refractivity contribution is 14.0. The lowest BCUT2D eigenvalue weighted by atomic mass is 9.72. The third-order valence-electron chi connectivity index (χ3n) is 5.68. The highest BCUT2D eigenvalue weighted by atomic mass is 127. The van der Waals surface area contributed by atoms with Crippen LogP contribution in [0.25, 0.3) is 5.69 Å². The Morgan fingerprint density at radius 1 is 1.17 bits per heavy atom. The molecule has 0 unspecified atom stereocenters. The smallest absolute Gasteiger partial charge is 0.191 e. The monoisotopic (exact) mass is 511 g/mol. The number of aromatic nitrogens is 2. The van der Waals surface area contributed by atoms with Gasteiger partial charge in [0, 0.05) is 32.1 Å². The summed E-state index contributed by atoms with van der Waals surface area (Å²) in [5.41, 5.74) is 2.37. The molecule has 7 heteroatoms. The second-order valence-corrected chi connectivity index (χ2v) is 7.66. The van der Waals surface area contributed by atoms with E-state index in [1.165, 1.54) is 32.1 Å². The van der Waals surface area contributed by atoms with Gasteiger partial charge in [0.15, 0.2) is 5.96 Å². The molecule has 3 N–H and O–H groups in total. The Kier molecular flexibility index (Phi) is 9.93. The summed E-state index contributed by atoms with van der Waals surface area (Å²) in [6, 6.07) is 10.2. The molecular formula is C22H34IN5O. The van der Waals surface area contributed by atoms with Gasteiger partial charge in [-0.25, -0.2) is 9.67 Å². The van der Waals surface area contributed by atoms with E-state index in [9.17, 15) is 5.11 Å². The molecule has 160 valence electrons. The number of para-hydroxylation sites is 1. The normalized spacial score (nSPS) is 16.1. The summed E-state index contributed by atoms with van der Waals surface area (Å²) in [5.74, 6) is 0.834. The van der Waals surface area contributed by atoms with Gasteiger partial charge in [0.2, 0.25) is 0 Å². The first-order chi connectivity index (χ1) is 13.8. The van der Waals surface area contributed by atoms with Crippen molar-refractivity contribution >= 4 is 29.9 Å². The molecule has 1 aliphatic carbocycles. The summed E-state index contributed by atoms with van der Waals surface area (Å²) >= 11 is 0. The van der Waals surface area contributed by atoms with Crippen LogP contribution in [0.1, 0.15) is 51.0 Å². The highest BCUT2D eigenvalue weighted by Gasteiger charge is 2.31. The zero-order chi connectivity index (χ0) is 19.7. The standard InChI is InChI=1S/C22H33N5O.HI/c1-2-23-21(25-18-22(13-16-28)11-6-3-7-12-22)24-17-19-9-4-5-10-20(19)27-15-8-14-26-27;/h4-5,8-10,14-15,28H,2-3,6-7,11-13,16-18H2,1H3,(H2,23,24,25);1H. The van der Waals surface area contributed by atoms with Crippen LogP contribution in [-0.2, 0) is 6.54 Å². The van der Waals surface area contributed by atoms with Crippen LogP contribution in [0.15, 0.2) is 47.7 Å². The van der Waals surface area contributed by atoms with Gasteiger partial charge < -0.3 is 15.7 Å². The number of rotatable bonds is 8. The lowest BCUT2D eigenvalue weighted by Crippen LogP contribution is -2.45. The van der Waals surface area contributed by atoms with Crippen LogP contribution in [0, 0.1) is 5.41 Å². The first-order valence-corrected chi connectivity index (χ1v) is 10.5. The van der Waals surface area contributed by atoms with Gasteiger partial charge in [-0.15, -0.1) is 24.0 Å². The second kappa shape index (κ2) is 12.2. The lowest BCUT2D eigenvalue weighted by Gasteiger charge is -2.37. The van der Waals surface area contributed by atoms with Gasteiger partial charge in [-0.3, -0.25) is 0 Å². The van der Waals surface area contributed by atoms with Crippen LogP contribution in [-0.4, -0.2) is 40.5 Å². The van der Waals surface area contributed by atoms with E-state index in [2.05, 4.69) is 34.8 Å². The van der Waals surface area contributed by atoms with E-state index in [0.717, 1.165) is 36.7 Å². The third kappa shape index (κ3) is 6.70. The number of hydrogen-bond donors (Lipinski definition) is 3. The summed E-state index contributed by atoms with van der Waals surface area (Å²) in [6.45, 7) is 4.60. The molecule has 0 amide bonds. The summed E-state index contributed by atoms with van der Waals surface area (Å²) in [7, 11) is 0. The molecule has 1 saturated carbocycles. The van der Waals surface area contributed by atoms with Gasteiger partial charge in [-0.05, 0) is 49.3 Å². The maximum Gasteiger partial charge on any atom is 0.191 e. The molecule has 1 aromatic carbocycles. The van der Waals surface area contributed by atoms with E-state index >= 15 is 0 Å². The number of aliphatic hydroxyl groups excluding tert-OH is 1.